The van der Waals surface area contributed by atoms with Crippen molar-refractivity contribution in [3.05, 3.63) is 24.0 Å². The molecule has 1 aromatic rings. The van der Waals surface area contributed by atoms with Crippen molar-refractivity contribution in [3.8, 4) is 5.75 Å². The van der Waals surface area contributed by atoms with Crippen LogP contribution in [0, 0.1) is 11.8 Å². The van der Waals surface area contributed by atoms with Crippen LogP contribution in [0.15, 0.2) is 18.3 Å². The molecule has 2 N–H and O–H groups in total. The summed E-state index contributed by atoms with van der Waals surface area (Å²) in [5.41, 5.74) is 7.20. The van der Waals surface area contributed by atoms with E-state index >= 15 is 0 Å². The number of nitrogens with zero attached hydrogens (tertiary/aromatic N) is 1. The summed E-state index contributed by atoms with van der Waals surface area (Å²) in [6.07, 6.45) is 5.12. The highest BCUT2D eigenvalue weighted by Gasteiger charge is 2.41. The van der Waals surface area contributed by atoms with E-state index < -0.39 is 0 Å². The molecule has 0 bridgehead atoms. The molecule has 1 aromatic heterocycles. The minimum absolute atomic E-state index is 0.334. The van der Waals surface area contributed by atoms with Gasteiger partial charge in [-0.05, 0) is 43.2 Å². The number of hydrogen-bond acceptors (Lipinski definition) is 3. The fraction of sp³-hybridized carbons (Fsp3) is 0.643. The van der Waals surface area contributed by atoms with Gasteiger partial charge in [-0.15, -0.1) is 0 Å². The highest BCUT2D eigenvalue weighted by Crippen LogP contribution is 2.43. The van der Waals surface area contributed by atoms with Gasteiger partial charge in [0.1, 0.15) is 11.4 Å². The zero-order valence-electron chi connectivity index (χ0n) is 10.9. The van der Waals surface area contributed by atoms with Gasteiger partial charge in [0.2, 0.25) is 0 Å². The highest BCUT2D eigenvalue weighted by molar-refractivity contribution is 5.33. The van der Waals surface area contributed by atoms with Crippen LogP contribution in [-0.4, -0.2) is 12.1 Å². The van der Waals surface area contributed by atoms with Crippen LogP contribution >= 0.6 is 0 Å². The quantitative estimate of drug-likeness (QED) is 0.856. The van der Waals surface area contributed by atoms with E-state index in [4.69, 9.17) is 10.5 Å². The minimum atomic E-state index is -0.334. The van der Waals surface area contributed by atoms with E-state index in [1.165, 1.54) is 6.42 Å². The van der Waals surface area contributed by atoms with E-state index in [2.05, 4.69) is 18.8 Å². The smallest absolute Gasteiger partial charge is 0.142 e. The summed E-state index contributed by atoms with van der Waals surface area (Å²) >= 11 is 0. The first-order valence-corrected chi connectivity index (χ1v) is 6.36. The molecule has 94 valence electrons. The van der Waals surface area contributed by atoms with E-state index in [1.807, 2.05) is 12.1 Å². The molecule has 0 radical (unpaired) electrons. The Hall–Kier alpha value is -1.09. The molecule has 1 aliphatic carbocycles. The molecule has 2 rings (SSSR count). The van der Waals surface area contributed by atoms with Gasteiger partial charge in [-0.25, -0.2) is 0 Å². The third-order valence-corrected chi connectivity index (χ3v) is 4.12. The highest BCUT2D eigenvalue weighted by atomic mass is 16.5. The predicted octanol–water partition coefficient (Wildman–Crippen LogP) is 2.70. The number of pyridine rings is 1. The van der Waals surface area contributed by atoms with E-state index in [-0.39, 0.29) is 5.54 Å². The van der Waals surface area contributed by atoms with Crippen LogP contribution in [0.25, 0.3) is 0 Å². The largest absolute Gasteiger partial charge is 0.495 e. The number of hydrogen-bond donors (Lipinski definition) is 1. The Morgan fingerprint density at radius 2 is 2.24 bits per heavy atom. The Bertz CT molecular complexity index is 394. The molecular formula is C14H22N2O. The van der Waals surface area contributed by atoms with Crippen molar-refractivity contribution in [2.75, 3.05) is 7.11 Å². The Morgan fingerprint density at radius 3 is 2.88 bits per heavy atom. The van der Waals surface area contributed by atoms with Crippen LogP contribution in [0.4, 0.5) is 0 Å². The van der Waals surface area contributed by atoms with Crippen molar-refractivity contribution in [1.29, 1.82) is 0 Å². The first-order valence-electron chi connectivity index (χ1n) is 6.36. The van der Waals surface area contributed by atoms with Gasteiger partial charge in [-0.1, -0.05) is 13.8 Å². The molecule has 0 aromatic carbocycles. The van der Waals surface area contributed by atoms with Gasteiger partial charge in [0, 0.05) is 6.20 Å². The first kappa shape index (κ1) is 12.4. The SMILES string of the molecule is COc1cccnc1C1(N)CCC(C)CC1C. The van der Waals surface area contributed by atoms with Crippen molar-refractivity contribution in [2.24, 2.45) is 17.6 Å². The summed E-state index contributed by atoms with van der Waals surface area (Å²) in [5.74, 6) is 2.02. The summed E-state index contributed by atoms with van der Waals surface area (Å²) in [6, 6.07) is 3.84. The summed E-state index contributed by atoms with van der Waals surface area (Å²) in [4.78, 5) is 4.47. The lowest BCUT2D eigenvalue weighted by molar-refractivity contribution is 0.156. The Morgan fingerprint density at radius 1 is 1.47 bits per heavy atom. The Labute approximate surface area is 103 Å². The van der Waals surface area contributed by atoms with Gasteiger partial charge in [-0.3, -0.25) is 4.98 Å². The van der Waals surface area contributed by atoms with Gasteiger partial charge in [0.15, 0.2) is 0 Å². The van der Waals surface area contributed by atoms with Crippen molar-refractivity contribution < 1.29 is 4.74 Å². The molecule has 0 aliphatic heterocycles. The molecule has 0 spiro atoms. The summed E-state index contributed by atoms with van der Waals surface area (Å²) in [7, 11) is 1.68. The number of ether oxygens (including phenoxy) is 1. The second kappa shape index (κ2) is 4.65. The average Bonchev–Trinajstić information content (AvgIpc) is 2.34. The zero-order chi connectivity index (χ0) is 12.5. The molecule has 3 nitrogen and oxygen atoms in total. The molecule has 0 amide bonds. The number of aromatic nitrogens is 1. The van der Waals surface area contributed by atoms with Crippen LogP contribution in [0.3, 0.4) is 0 Å². The maximum atomic E-state index is 6.62. The normalized spacial score (nSPS) is 33.4. The van der Waals surface area contributed by atoms with Gasteiger partial charge in [0.05, 0.1) is 12.6 Å². The topological polar surface area (TPSA) is 48.1 Å². The van der Waals surface area contributed by atoms with Gasteiger partial charge < -0.3 is 10.5 Å². The van der Waals surface area contributed by atoms with E-state index in [9.17, 15) is 0 Å². The van der Waals surface area contributed by atoms with Crippen LogP contribution in [0.2, 0.25) is 0 Å². The third-order valence-electron chi connectivity index (χ3n) is 4.12. The summed E-state index contributed by atoms with van der Waals surface area (Å²) in [5, 5.41) is 0. The predicted molar refractivity (Wildman–Crippen MR) is 68.8 cm³/mol. The lowest BCUT2D eigenvalue weighted by Gasteiger charge is -2.41. The minimum Gasteiger partial charge on any atom is -0.495 e. The van der Waals surface area contributed by atoms with Crippen LogP contribution < -0.4 is 10.5 Å². The molecule has 0 saturated heterocycles. The summed E-state index contributed by atoms with van der Waals surface area (Å²) < 4.78 is 5.40. The molecule has 3 atom stereocenters. The molecule has 1 fully saturated rings. The fourth-order valence-electron chi connectivity index (χ4n) is 2.92. The van der Waals surface area contributed by atoms with E-state index in [1.54, 1.807) is 13.3 Å². The van der Waals surface area contributed by atoms with Crippen molar-refractivity contribution in [2.45, 2.75) is 38.6 Å². The number of nitrogens with two attached hydrogens (primary N) is 1. The van der Waals surface area contributed by atoms with Gasteiger partial charge >= 0.3 is 0 Å². The van der Waals surface area contributed by atoms with Gasteiger partial charge in [0.25, 0.3) is 0 Å². The van der Waals surface area contributed by atoms with Gasteiger partial charge in [-0.2, -0.15) is 0 Å². The second-order valence-electron chi connectivity index (χ2n) is 5.38. The maximum absolute atomic E-state index is 6.62. The fourth-order valence-corrected chi connectivity index (χ4v) is 2.92. The molecule has 1 aliphatic rings. The third kappa shape index (κ3) is 2.16. The van der Waals surface area contributed by atoms with Crippen molar-refractivity contribution in [1.82, 2.24) is 4.98 Å². The molecule has 3 heteroatoms. The number of rotatable bonds is 2. The Balaban J connectivity index is 2.37. The summed E-state index contributed by atoms with van der Waals surface area (Å²) in [6.45, 7) is 4.52. The maximum Gasteiger partial charge on any atom is 0.142 e. The standard InChI is InChI=1S/C14H22N2O/c1-10-6-7-14(15,11(2)9-10)13-12(17-3)5-4-8-16-13/h4-5,8,10-11H,6-7,9,15H2,1-3H3. The molecule has 3 unspecified atom stereocenters. The molecule has 1 heterocycles. The van der Waals surface area contributed by atoms with E-state index in [0.717, 1.165) is 30.2 Å². The van der Waals surface area contributed by atoms with E-state index in [0.29, 0.717) is 5.92 Å². The lowest BCUT2D eigenvalue weighted by Crippen LogP contribution is -2.47. The van der Waals surface area contributed by atoms with Crippen LogP contribution in [-0.2, 0) is 5.54 Å². The molecule has 17 heavy (non-hydrogen) atoms. The van der Waals surface area contributed by atoms with Crippen LogP contribution in [0.5, 0.6) is 5.75 Å². The Kier molecular flexibility index (Phi) is 3.38. The first-order chi connectivity index (χ1) is 8.08. The monoisotopic (exact) mass is 234 g/mol. The average molecular weight is 234 g/mol. The molecular weight excluding hydrogens is 212 g/mol. The van der Waals surface area contributed by atoms with Crippen molar-refractivity contribution >= 4 is 0 Å². The number of methoxy groups -OCH3 is 1. The second-order valence-corrected chi connectivity index (χ2v) is 5.38. The molecule has 1 saturated carbocycles. The van der Waals surface area contributed by atoms with Crippen LogP contribution in [0.1, 0.15) is 38.8 Å². The zero-order valence-corrected chi connectivity index (χ0v) is 10.9. The van der Waals surface area contributed by atoms with Crippen molar-refractivity contribution in [3.63, 3.8) is 0 Å². The lowest BCUT2D eigenvalue weighted by atomic mass is 9.68.